The van der Waals surface area contributed by atoms with Crippen molar-refractivity contribution in [3.05, 3.63) is 35.4 Å². The van der Waals surface area contributed by atoms with Gasteiger partial charge >= 0.3 is 0 Å². The Bertz CT molecular complexity index is 374. The van der Waals surface area contributed by atoms with Gasteiger partial charge in [0.1, 0.15) is 0 Å². The molecule has 1 rings (SSSR count). The molecule has 0 aromatic heterocycles. The zero-order chi connectivity index (χ0) is 14.3. The van der Waals surface area contributed by atoms with Crippen LogP contribution in [0, 0.1) is 0 Å². The lowest BCUT2D eigenvalue weighted by atomic mass is 10.0. The molecule has 3 nitrogen and oxygen atoms in total. The van der Waals surface area contributed by atoms with E-state index in [9.17, 15) is 8.78 Å². The van der Waals surface area contributed by atoms with Crippen LogP contribution in [0.2, 0.25) is 0 Å². The molecule has 0 spiro atoms. The van der Waals surface area contributed by atoms with E-state index in [0.29, 0.717) is 13.0 Å². The summed E-state index contributed by atoms with van der Waals surface area (Å²) in [6.07, 6.45) is -0.936. The molecular weight excluding hydrogens is 250 g/mol. The first-order chi connectivity index (χ1) is 9.08. The van der Waals surface area contributed by atoms with Crippen LogP contribution in [-0.2, 0) is 0 Å². The average Bonchev–Trinajstić information content (AvgIpc) is 2.42. The molecular formula is C14H22F2N2O. The highest BCUT2D eigenvalue weighted by Crippen LogP contribution is 2.22. The van der Waals surface area contributed by atoms with Crippen LogP contribution < -0.4 is 11.1 Å². The third kappa shape index (κ3) is 5.22. The number of alkyl halides is 2. The lowest BCUT2D eigenvalue weighted by Gasteiger charge is -2.23. The van der Waals surface area contributed by atoms with Gasteiger partial charge in [-0.05, 0) is 31.4 Å². The number of halogens is 2. The summed E-state index contributed by atoms with van der Waals surface area (Å²) in [6.45, 7) is 2.49. The number of aliphatic hydroxyl groups is 1. The van der Waals surface area contributed by atoms with Gasteiger partial charge in [0.15, 0.2) is 0 Å². The monoisotopic (exact) mass is 272 g/mol. The second kappa shape index (κ2) is 8.19. The highest BCUT2D eigenvalue weighted by atomic mass is 19.3. The molecule has 19 heavy (non-hydrogen) atoms. The summed E-state index contributed by atoms with van der Waals surface area (Å²) in [5, 5.41) is 12.1. The van der Waals surface area contributed by atoms with Crippen LogP contribution in [0.25, 0.3) is 0 Å². The Morgan fingerprint density at radius 2 is 2.00 bits per heavy atom. The van der Waals surface area contributed by atoms with Gasteiger partial charge in [0, 0.05) is 30.8 Å². The Hall–Kier alpha value is -1.04. The zero-order valence-corrected chi connectivity index (χ0v) is 11.2. The Kier molecular flexibility index (Phi) is 6.91. The second-order valence-electron chi connectivity index (χ2n) is 4.69. The van der Waals surface area contributed by atoms with Crippen molar-refractivity contribution >= 4 is 0 Å². The SMILES string of the molecule is CC(CCCO)NC(CN)c1cccc(C(F)F)c1. The van der Waals surface area contributed by atoms with E-state index in [4.69, 9.17) is 10.8 Å². The molecule has 0 bridgehead atoms. The number of hydrogen-bond acceptors (Lipinski definition) is 3. The quantitative estimate of drug-likeness (QED) is 0.681. The Morgan fingerprint density at radius 1 is 1.32 bits per heavy atom. The highest BCUT2D eigenvalue weighted by Gasteiger charge is 2.15. The number of hydrogen-bond donors (Lipinski definition) is 3. The number of rotatable bonds is 8. The molecule has 0 aliphatic carbocycles. The average molecular weight is 272 g/mol. The summed E-state index contributed by atoms with van der Waals surface area (Å²) >= 11 is 0. The summed E-state index contributed by atoms with van der Waals surface area (Å²) in [6, 6.07) is 6.36. The normalized spacial score (nSPS) is 14.6. The van der Waals surface area contributed by atoms with Crippen molar-refractivity contribution in [3.63, 3.8) is 0 Å². The molecule has 0 saturated carbocycles. The molecule has 108 valence electrons. The minimum Gasteiger partial charge on any atom is -0.396 e. The van der Waals surface area contributed by atoms with Crippen molar-refractivity contribution in [3.8, 4) is 0 Å². The largest absolute Gasteiger partial charge is 0.396 e. The Labute approximate surface area is 112 Å². The molecule has 2 atom stereocenters. The molecule has 2 unspecified atom stereocenters. The molecule has 0 amide bonds. The van der Waals surface area contributed by atoms with Gasteiger partial charge < -0.3 is 16.2 Å². The van der Waals surface area contributed by atoms with E-state index >= 15 is 0 Å². The van der Waals surface area contributed by atoms with Crippen LogP contribution in [0.1, 0.15) is 43.4 Å². The van der Waals surface area contributed by atoms with E-state index in [1.165, 1.54) is 12.1 Å². The summed E-state index contributed by atoms with van der Waals surface area (Å²) < 4.78 is 25.3. The van der Waals surface area contributed by atoms with Crippen LogP contribution in [-0.4, -0.2) is 24.3 Å². The maximum atomic E-state index is 12.7. The maximum absolute atomic E-state index is 12.7. The van der Waals surface area contributed by atoms with E-state index in [1.54, 1.807) is 12.1 Å². The summed E-state index contributed by atoms with van der Waals surface area (Å²) in [5.74, 6) is 0. The van der Waals surface area contributed by atoms with Crippen molar-refractivity contribution in [2.24, 2.45) is 5.73 Å². The minimum absolute atomic E-state index is 0.0146. The van der Waals surface area contributed by atoms with E-state index < -0.39 is 6.43 Å². The fourth-order valence-corrected chi connectivity index (χ4v) is 2.04. The van der Waals surface area contributed by atoms with E-state index in [2.05, 4.69) is 5.32 Å². The molecule has 0 aliphatic heterocycles. The van der Waals surface area contributed by atoms with Gasteiger partial charge in [-0.15, -0.1) is 0 Å². The van der Waals surface area contributed by atoms with Gasteiger partial charge in [0.05, 0.1) is 0 Å². The van der Waals surface area contributed by atoms with Crippen molar-refractivity contribution in [2.45, 2.75) is 38.3 Å². The first-order valence-corrected chi connectivity index (χ1v) is 6.53. The lowest BCUT2D eigenvalue weighted by Crippen LogP contribution is -2.35. The van der Waals surface area contributed by atoms with Crippen LogP contribution in [0.3, 0.4) is 0 Å². The molecule has 0 saturated heterocycles. The predicted octanol–water partition coefficient (Wildman–Crippen LogP) is 2.37. The summed E-state index contributed by atoms with van der Waals surface area (Å²) in [4.78, 5) is 0. The predicted molar refractivity (Wildman–Crippen MR) is 72.1 cm³/mol. The molecule has 4 N–H and O–H groups in total. The molecule has 5 heteroatoms. The second-order valence-corrected chi connectivity index (χ2v) is 4.69. The van der Waals surface area contributed by atoms with E-state index in [-0.39, 0.29) is 24.3 Å². The third-order valence-corrected chi connectivity index (χ3v) is 3.08. The molecule has 1 aromatic rings. The van der Waals surface area contributed by atoms with Gasteiger partial charge in [-0.25, -0.2) is 8.78 Å². The van der Waals surface area contributed by atoms with Crippen molar-refractivity contribution in [2.75, 3.05) is 13.2 Å². The molecule has 0 fully saturated rings. The number of nitrogens with two attached hydrogens (primary N) is 1. The van der Waals surface area contributed by atoms with Gasteiger partial charge in [0.2, 0.25) is 0 Å². The first kappa shape index (κ1) is 16.0. The third-order valence-electron chi connectivity index (χ3n) is 3.08. The number of benzene rings is 1. The smallest absolute Gasteiger partial charge is 0.263 e. The molecule has 0 heterocycles. The van der Waals surface area contributed by atoms with Crippen molar-refractivity contribution in [1.29, 1.82) is 0 Å². The number of nitrogens with one attached hydrogen (secondary N) is 1. The van der Waals surface area contributed by atoms with Crippen LogP contribution in [0.4, 0.5) is 8.78 Å². The fourth-order valence-electron chi connectivity index (χ4n) is 2.04. The van der Waals surface area contributed by atoms with Crippen molar-refractivity contribution in [1.82, 2.24) is 5.32 Å². The Morgan fingerprint density at radius 3 is 2.58 bits per heavy atom. The maximum Gasteiger partial charge on any atom is 0.263 e. The summed E-state index contributed by atoms with van der Waals surface area (Å²) in [7, 11) is 0. The molecule has 0 aliphatic rings. The summed E-state index contributed by atoms with van der Waals surface area (Å²) in [5.41, 5.74) is 6.50. The fraction of sp³-hybridized carbons (Fsp3) is 0.571. The van der Waals surface area contributed by atoms with Gasteiger partial charge in [0.25, 0.3) is 6.43 Å². The van der Waals surface area contributed by atoms with Crippen LogP contribution in [0.15, 0.2) is 24.3 Å². The van der Waals surface area contributed by atoms with Gasteiger partial charge in [-0.1, -0.05) is 18.2 Å². The minimum atomic E-state index is -2.47. The standard InChI is InChI=1S/C14H22F2N2O/c1-10(4-3-7-19)18-13(9-17)11-5-2-6-12(8-11)14(15)16/h2,5-6,8,10,13-14,18-19H,3-4,7,9,17H2,1H3. The highest BCUT2D eigenvalue weighted by molar-refractivity contribution is 5.27. The van der Waals surface area contributed by atoms with Gasteiger partial charge in [-0.3, -0.25) is 0 Å². The zero-order valence-electron chi connectivity index (χ0n) is 11.2. The van der Waals surface area contributed by atoms with E-state index in [1.807, 2.05) is 6.92 Å². The number of aliphatic hydroxyl groups excluding tert-OH is 1. The van der Waals surface area contributed by atoms with Crippen molar-refractivity contribution < 1.29 is 13.9 Å². The molecule has 1 aromatic carbocycles. The van der Waals surface area contributed by atoms with E-state index in [0.717, 1.165) is 12.0 Å². The lowest BCUT2D eigenvalue weighted by molar-refractivity contribution is 0.151. The first-order valence-electron chi connectivity index (χ1n) is 6.53. The van der Waals surface area contributed by atoms with Crippen LogP contribution >= 0.6 is 0 Å². The molecule has 0 radical (unpaired) electrons. The topological polar surface area (TPSA) is 58.3 Å². The van der Waals surface area contributed by atoms with Gasteiger partial charge in [-0.2, -0.15) is 0 Å². The Balaban J connectivity index is 2.71. The van der Waals surface area contributed by atoms with Crippen LogP contribution in [0.5, 0.6) is 0 Å².